The topological polar surface area (TPSA) is 29.3 Å². The van der Waals surface area contributed by atoms with Gasteiger partial charge in [0.1, 0.15) is 0 Å². The zero-order valence-electron chi connectivity index (χ0n) is 10.7. The molecule has 1 saturated heterocycles. The minimum atomic E-state index is -0.824. The summed E-state index contributed by atoms with van der Waals surface area (Å²) in [6.07, 6.45) is 3.64. The Hall–Kier alpha value is -1.00. The fourth-order valence-corrected chi connectivity index (χ4v) is 2.53. The van der Waals surface area contributed by atoms with Gasteiger partial charge in [-0.05, 0) is 44.0 Å². The van der Waals surface area contributed by atoms with Crippen LogP contribution in [0.1, 0.15) is 37.8 Å². The molecule has 2 nitrogen and oxygen atoms in total. The summed E-state index contributed by atoms with van der Waals surface area (Å²) in [5.74, 6) is -1.65. The number of hydrogen-bond acceptors (Lipinski definition) is 2. The second-order valence-corrected chi connectivity index (χ2v) is 5.12. The highest BCUT2D eigenvalue weighted by atomic mass is 19.2. The number of halogens is 2. The molecule has 0 spiro atoms. The van der Waals surface area contributed by atoms with E-state index in [1.165, 1.54) is 25.3 Å². The molecule has 2 unspecified atom stereocenters. The van der Waals surface area contributed by atoms with Crippen LogP contribution in [-0.4, -0.2) is 24.0 Å². The zero-order chi connectivity index (χ0) is 13.1. The minimum Gasteiger partial charge on any atom is -0.323 e. The molecule has 1 fully saturated rings. The van der Waals surface area contributed by atoms with Crippen LogP contribution >= 0.6 is 0 Å². The quantitative estimate of drug-likeness (QED) is 0.898. The summed E-state index contributed by atoms with van der Waals surface area (Å²) >= 11 is 0. The lowest BCUT2D eigenvalue weighted by Gasteiger charge is -2.35. The molecule has 1 heterocycles. The van der Waals surface area contributed by atoms with Crippen LogP contribution in [0.25, 0.3) is 0 Å². The van der Waals surface area contributed by atoms with Gasteiger partial charge in [0.15, 0.2) is 11.6 Å². The van der Waals surface area contributed by atoms with Crippen LogP contribution in [0.15, 0.2) is 18.2 Å². The number of rotatable bonds is 3. The summed E-state index contributed by atoms with van der Waals surface area (Å²) in [7, 11) is 0. The standard InChI is InChI=1S/C14H20F2N2/c1-10-4-2-3-7-18(10)9-14(17)11-5-6-12(15)13(16)8-11/h5-6,8,10,14H,2-4,7,9,17H2,1H3. The van der Waals surface area contributed by atoms with Crippen LogP contribution < -0.4 is 5.73 Å². The highest BCUT2D eigenvalue weighted by Gasteiger charge is 2.21. The van der Waals surface area contributed by atoms with Crippen molar-refractivity contribution in [1.29, 1.82) is 0 Å². The van der Waals surface area contributed by atoms with Crippen molar-refractivity contribution in [2.45, 2.75) is 38.3 Å². The number of likely N-dealkylation sites (tertiary alicyclic amines) is 1. The van der Waals surface area contributed by atoms with Crippen LogP contribution in [0.4, 0.5) is 8.78 Å². The smallest absolute Gasteiger partial charge is 0.159 e. The van der Waals surface area contributed by atoms with Crippen molar-refractivity contribution in [1.82, 2.24) is 4.90 Å². The van der Waals surface area contributed by atoms with Crippen molar-refractivity contribution in [2.75, 3.05) is 13.1 Å². The Labute approximate surface area is 107 Å². The first-order valence-corrected chi connectivity index (χ1v) is 6.52. The van der Waals surface area contributed by atoms with Gasteiger partial charge in [-0.1, -0.05) is 12.5 Å². The molecule has 1 aromatic carbocycles. The number of nitrogens with two attached hydrogens (primary N) is 1. The average molecular weight is 254 g/mol. The van der Waals surface area contributed by atoms with Crippen molar-refractivity contribution >= 4 is 0 Å². The molecule has 0 amide bonds. The monoisotopic (exact) mass is 254 g/mol. The number of benzene rings is 1. The second kappa shape index (κ2) is 5.76. The Morgan fingerprint density at radius 3 is 2.78 bits per heavy atom. The van der Waals surface area contributed by atoms with Gasteiger partial charge in [0.25, 0.3) is 0 Å². The fraction of sp³-hybridized carbons (Fsp3) is 0.571. The fourth-order valence-electron chi connectivity index (χ4n) is 2.53. The van der Waals surface area contributed by atoms with Crippen molar-refractivity contribution < 1.29 is 8.78 Å². The van der Waals surface area contributed by atoms with Crippen LogP contribution in [0, 0.1) is 11.6 Å². The second-order valence-electron chi connectivity index (χ2n) is 5.12. The molecule has 1 aliphatic heterocycles. The van der Waals surface area contributed by atoms with Gasteiger partial charge in [-0.15, -0.1) is 0 Å². The summed E-state index contributed by atoms with van der Waals surface area (Å²) in [5.41, 5.74) is 6.74. The SMILES string of the molecule is CC1CCCCN1CC(N)c1ccc(F)c(F)c1. The molecule has 0 aromatic heterocycles. The third kappa shape index (κ3) is 3.06. The van der Waals surface area contributed by atoms with Crippen LogP contribution in [0.2, 0.25) is 0 Å². The van der Waals surface area contributed by atoms with E-state index in [0.29, 0.717) is 18.2 Å². The summed E-state index contributed by atoms with van der Waals surface area (Å²) in [5, 5.41) is 0. The van der Waals surface area contributed by atoms with E-state index < -0.39 is 11.6 Å². The predicted octanol–water partition coefficient (Wildman–Crippen LogP) is 2.84. The molecule has 2 N–H and O–H groups in total. The molecule has 1 aromatic rings. The Morgan fingerprint density at radius 1 is 1.33 bits per heavy atom. The molecule has 0 bridgehead atoms. The van der Waals surface area contributed by atoms with E-state index in [4.69, 9.17) is 5.73 Å². The van der Waals surface area contributed by atoms with Gasteiger partial charge in [0, 0.05) is 18.6 Å². The van der Waals surface area contributed by atoms with Gasteiger partial charge < -0.3 is 5.73 Å². The summed E-state index contributed by atoms with van der Waals surface area (Å²) < 4.78 is 26.0. The minimum absolute atomic E-state index is 0.263. The van der Waals surface area contributed by atoms with E-state index in [0.717, 1.165) is 12.6 Å². The van der Waals surface area contributed by atoms with E-state index in [-0.39, 0.29) is 6.04 Å². The Morgan fingerprint density at radius 2 is 2.11 bits per heavy atom. The van der Waals surface area contributed by atoms with Crippen molar-refractivity contribution in [2.24, 2.45) is 5.73 Å². The molecule has 0 radical (unpaired) electrons. The molecule has 2 atom stereocenters. The third-order valence-electron chi connectivity index (χ3n) is 3.74. The summed E-state index contributed by atoms with van der Waals surface area (Å²) in [4.78, 5) is 2.33. The van der Waals surface area contributed by atoms with E-state index in [1.807, 2.05) is 0 Å². The molecular formula is C14H20F2N2. The lowest BCUT2D eigenvalue weighted by Crippen LogP contribution is -2.41. The lowest BCUT2D eigenvalue weighted by atomic mass is 10.0. The van der Waals surface area contributed by atoms with Gasteiger partial charge in [0.2, 0.25) is 0 Å². The van der Waals surface area contributed by atoms with E-state index in [9.17, 15) is 8.78 Å². The highest BCUT2D eigenvalue weighted by molar-refractivity contribution is 5.21. The van der Waals surface area contributed by atoms with Crippen molar-refractivity contribution in [3.05, 3.63) is 35.4 Å². The Kier molecular flexibility index (Phi) is 4.30. The summed E-state index contributed by atoms with van der Waals surface area (Å²) in [6.45, 7) is 3.93. The van der Waals surface area contributed by atoms with Crippen LogP contribution in [-0.2, 0) is 0 Å². The maximum absolute atomic E-state index is 13.2. The first-order valence-electron chi connectivity index (χ1n) is 6.52. The lowest BCUT2D eigenvalue weighted by molar-refractivity contribution is 0.151. The predicted molar refractivity (Wildman–Crippen MR) is 68.2 cm³/mol. The zero-order valence-corrected chi connectivity index (χ0v) is 10.7. The van der Waals surface area contributed by atoms with E-state index >= 15 is 0 Å². The average Bonchev–Trinajstić information content (AvgIpc) is 2.35. The molecule has 18 heavy (non-hydrogen) atoms. The molecular weight excluding hydrogens is 234 g/mol. The van der Waals surface area contributed by atoms with Crippen LogP contribution in [0.3, 0.4) is 0 Å². The third-order valence-corrected chi connectivity index (χ3v) is 3.74. The molecule has 2 rings (SSSR count). The highest BCUT2D eigenvalue weighted by Crippen LogP contribution is 2.21. The molecule has 0 aliphatic carbocycles. The first-order chi connectivity index (χ1) is 8.58. The Bertz CT molecular complexity index is 409. The number of nitrogens with zero attached hydrogens (tertiary/aromatic N) is 1. The molecule has 100 valence electrons. The van der Waals surface area contributed by atoms with E-state index in [1.54, 1.807) is 6.07 Å². The maximum Gasteiger partial charge on any atom is 0.159 e. The van der Waals surface area contributed by atoms with Gasteiger partial charge in [-0.2, -0.15) is 0 Å². The largest absolute Gasteiger partial charge is 0.323 e. The van der Waals surface area contributed by atoms with Crippen LogP contribution in [0.5, 0.6) is 0 Å². The maximum atomic E-state index is 13.2. The molecule has 0 saturated carbocycles. The van der Waals surface area contributed by atoms with Crippen molar-refractivity contribution in [3.8, 4) is 0 Å². The number of hydrogen-bond donors (Lipinski definition) is 1. The van der Waals surface area contributed by atoms with Gasteiger partial charge in [-0.3, -0.25) is 4.90 Å². The van der Waals surface area contributed by atoms with Gasteiger partial charge >= 0.3 is 0 Å². The summed E-state index contributed by atoms with van der Waals surface area (Å²) in [6, 6.07) is 4.17. The first kappa shape index (κ1) is 13.4. The van der Waals surface area contributed by atoms with Gasteiger partial charge in [0.05, 0.1) is 0 Å². The van der Waals surface area contributed by atoms with E-state index in [2.05, 4.69) is 11.8 Å². The van der Waals surface area contributed by atoms with Gasteiger partial charge in [-0.25, -0.2) is 8.78 Å². The normalized spacial score (nSPS) is 23.0. The molecule has 1 aliphatic rings. The molecule has 4 heteroatoms. The number of piperidine rings is 1. The Balaban J connectivity index is 2.02. The van der Waals surface area contributed by atoms with Crippen molar-refractivity contribution in [3.63, 3.8) is 0 Å².